The third kappa shape index (κ3) is 1.19. The number of hydrogen-bond acceptors (Lipinski definition) is 3. The molecule has 0 atom stereocenters. The van der Waals surface area contributed by atoms with Gasteiger partial charge in [0.1, 0.15) is 6.26 Å². The summed E-state index contributed by atoms with van der Waals surface area (Å²) in [6.07, 6.45) is 3.24. The molecule has 0 N–H and O–H groups in total. The molecule has 0 bridgehead atoms. The molecule has 0 radical (unpaired) electrons. The van der Waals surface area contributed by atoms with E-state index in [1.54, 1.807) is 19.6 Å². The first-order valence-electron chi connectivity index (χ1n) is 3.12. The van der Waals surface area contributed by atoms with Crippen molar-refractivity contribution in [3.63, 3.8) is 0 Å². The Morgan fingerprint density at radius 2 is 2.30 bits per heavy atom. The van der Waals surface area contributed by atoms with Crippen LogP contribution in [0.1, 0.15) is 19.4 Å². The highest BCUT2D eigenvalue weighted by Crippen LogP contribution is 2.22. The summed E-state index contributed by atoms with van der Waals surface area (Å²) < 4.78 is 9.85. The van der Waals surface area contributed by atoms with E-state index in [4.69, 9.17) is 4.74 Å². The maximum atomic E-state index is 5.18. The van der Waals surface area contributed by atoms with Gasteiger partial charge in [-0.15, -0.1) is 0 Å². The first-order chi connectivity index (χ1) is 4.67. The van der Waals surface area contributed by atoms with E-state index >= 15 is 0 Å². The van der Waals surface area contributed by atoms with Gasteiger partial charge in [-0.3, -0.25) is 0 Å². The third-order valence-corrected chi connectivity index (χ3v) is 1.64. The van der Waals surface area contributed by atoms with Crippen LogP contribution in [0.2, 0.25) is 0 Å². The van der Waals surface area contributed by atoms with Gasteiger partial charge in [0, 0.05) is 12.7 Å². The molecule has 56 valence electrons. The lowest BCUT2D eigenvalue weighted by atomic mass is 10.0. The van der Waals surface area contributed by atoms with Gasteiger partial charge >= 0.3 is 0 Å². The zero-order valence-electron chi connectivity index (χ0n) is 6.42. The van der Waals surface area contributed by atoms with Crippen molar-refractivity contribution in [3.8, 4) is 0 Å². The van der Waals surface area contributed by atoms with Gasteiger partial charge in [-0.05, 0) is 13.8 Å². The Kier molecular flexibility index (Phi) is 1.76. The molecule has 0 unspecified atom stereocenters. The Morgan fingerprint density at radius 1 is 1.60 bits per heavy atom. The van der Waals surface area contributed by atoms with Crippen molar-refractivity contribution in [1.29, 1.82) is 0 Å². The lowest BCUT2D eigenvalue weighted by molar-refractivity contribution is 0.0187. The van der Waals surface area contributed by atoms with Gasteiger partial charge in [-0.1, -0.05) is 5.16 Å². The molecule has 0 fully saturated rings. The van der Waals surface area contributed by atoms with Gasteiger partial charge in [-0.25, -0.2) is 0 Å². The Bertz CT molecular complexity index is 191. The molecule has 0 spiro atoms. The molecule has 1 heterocycles. The van der Waals surface area contributed by atoms with Crippen LogP contribution in [0.15, 0.2) is 17.0 Å². The number of hydrogen-bond donors (Lipinski definition) is 0. The molecule has 3 heteroatoms. The zero-order chi connectivity index (χ0) is 7.61. The molecule has 0 aliphatic heterocycles. The minimum atomic E-state index is -0.292. The van der Waals surface area contributed by atoms with Crippen LogP contribution in [-0.4, -0.2) is 12.3 Å². The van der Waals surface area contributed by atoms with Crippen molar-refractivity contribution in [3.05, 3.63) is 18.0 Å². The predicted molar refractivity (Wildman–Crippen MR) is 36.5 cm³/mol. The molecular formula is C7H11NO2. The molecule has 1 aromatic rings. The number of nitrogens with zero attached hydrogens (tertiary/aromatic N) is 1. The third-order valence-electron chi connectivity index (χ3n) is 1.64. The molecule has 3 nitrogen and oxygen atoms in total. The Labute approximate surface area is 60.0 Å². The van der Waals surface area contributed by atoms with E-state index in [2.05, 4.69) is 9.68 Å². The van der Waals surface area contributed by atoms with Crippen LogP contribution < -0.4 is 0 Å². The second kappa shape index (κ2) is 2.42. The van der Waals surface area contributed by atoms with Crippen LogP contribution >= 0.6 is 0 Å². The van der Waals surface area contributed by atoms with Crippen LogP contribution in [0.4, 0.5) is 0 Å². The van der Waals surface area contributed by atoms with E-state index in [1.807, 2.05) is 13.8 Å². The standard InChI is InChI=1S/C7H11NO2/c1-7(2,9-3)6-4-8-10-5-6/h4-5H,1-3H3. The summed E-state index contributed by atoms with van der Waals surface area (Å²) in [7, 11) is 1.66. The normalized spacial score (nSPS) is 11.9. The van der Waals surface area contributed by atoms with Crippen molar-refractivity contribution in [2.75, 3.05) is 7.11 Å². The lowest BCUT2D eigenvalue weighted by Crippen LogP contribution is -2.18. The van der Waals surface area contributed by atoms with Crippen LogP contribution in [-0.2, 0) is 10.3 Å². The topological polar surface area (TPSA) is 35.3 Å². The van der Waals surface area contributed by atoms with Crippen molar-refractivity contribution >= 4 is 0 Å². The summed E-state index contributed by atoms with van der Waals surface area (Å²) in [6.45, 7) is 3.92. The Morgan fingerprint density at radius 3 is 2.70 bits per heavy atom. The highest BCUT2D eigenvalue weighted by atomic mass is 16.5. The minimum Gasteiger partial charge on any atom is -0.374 e. The smallest absolute Gasteiger partial charge is 0.129 e. The Hall–Kier alpha value is -0.830. The van der Waals surface area contributed by atoms with Crippen LogP contribution in [0, 0.1) is 0 Å². The first-order valence-corrected chi connectivity index (χ1v) is 3.12. The number of methoxy groups -OCH3 is 1. The number of aromatic nitrogens is 1. The van der Waals surface area contributed by atoms with Crippen LogP contribution in [0.3, 0.4) is 0 Å². The van der Waals surface area contributed by atoms with Gasteiger partial charge in [0.25, 0.3) is 0 Å². The molecule has 0 saturated carbocycles. The molecule has 0 aliphatic rings. The summed E-state index contributed by atoms with van der Waals surface area (Å²) in [6, 6.07) is 0. The van der Waals surface area contributed by atoms with E-state index < -0.39 is 0 Å². The van der Waals surface area contributed by atoms with Gasteiger partial charge in [0.05, 0.1) is 11.8 Å². The molecule has 0 aromatic carbocycles. The van der Waals surface area contributed by atoms with Crippen molar-refractivity contribution in [1.82, 2.24) is 5.16 Å². The summed E-state index contributed by atoms with van der Waals surface area (Å²) in [5.74, 6) is 0. The summed E-state index contributed by atoms with van der Waals surface area (Å²) in [5.41, 5.74) is 0.662. The predicted octanol–water partition coefficient (Wildman–Crippen LogP) is 1.56. The first kappa shape index (κ1) is 7.28. The van der Waals surface area contributed by atoms with E-state index in [0.717, 1.165) is 5.56 Å². The average Bonchev–Trinajstić information content (AvgIpc) is 2.38. The van der Waals surface area contributed by atoms with Crippen LogP contribution in [0.5, 0.6) is 0 Å². The molecule has 1 rings (SSSR count). The van der Waals surface area contributed by atoms with Gasteiger partial charge in [0.2, 0.25) is 0 Å². The summed E-state index contributed by atoms with van der Waals surface area (Å²) in [5, 5.41) is 3.58. The fourth-order valence-corrected chi connectivity index (χ4v) is 0.620. The maximum absolute atomic E-state index is 5.18. The second-order valence-electron chi connectivity index (χ2n) is 2.63. The molecule has 10 heavy (non-hydrogen) atoms. The number of ether oxygens (including phenoxy) is 1. The monoisotopic (exact) mass is 141 g/mol. The van der Waals surface area contributed by atoms with E-state index in [9.17, 15) is 0 Å². The minimum absolute atomic E-state index is 0.292. The summed E-state index contributed by atoms with van der Waals surface area (Å²) in [4.78, 5) is 0. The van der Waals surface area contributed by atoms with Gasteiger partial charge < -0.3 is 9.26 Å². The average molecular weight is 141 g/mol. The van der Waals surface area contributed by atoms with Crippen molar-refractivity contribution in [2.24, 2.45) is 0 Å². The fraction of sp³-hybridized carbons (Fsp3) is 0.571. The molecule has 0 aliphatic carbocycles. The lowest BCUT2D eigenvalue weighted by Gasteiger charge is -2.19. The fourth-order valence-electron chi connectivity index (χ4n) is 0.620. The molecule has 1 aromatic heterocycles. The van der Waals surface area contributed by atoms with Crippen molar-refractivity contribution in [2.45, 2.75) is 19.4 Å². The summed E-state index contributed by atoms with van der Waals surface area (Å²) >= 11 is 0. The molecular weight excluding hydrogens is 130 g/mol. The zero-order valence-corrected chi connectivity index (χ0v) is 6.42. The molecule has 0 amide bonds. The SMILES string of the molecule is COC(C)(C)c1cnoc1. The van der Waals surface area contributed by atoms with Crippen molar-refractivity contribution < 1.29 is 9.26 Å². The Balaban J connectivity index is 2.85. The highest BCUT2D eigenvalue weighted by molar-refractivity contribution is 5.10. The van der Waals surface area contributed by atoms with E-state index in [0.29, 0.717) is 0 Å². The van der Waals surface area contributed by atoms with E-state index in [-0.39, 0.29) is 5.60 Å². The van der Waals surface area contributed by atoms with Crippen LogP contribution in [0.25, 0.3) is 0 Å². The quantitative estimate of drug-likeness (QED) is 0.626. The van der Waals surface area contributed by atoms with E-state index in [1.165, 1.54) is 0 Å². The van der Waals surface area contributed by atoms with Gasteiger partial charge in [0.15, 0.2) is 0 Å². The molecule has 0 saturated heterocycles. The van der Waals surface area contributed by atoms with Gasteiger partial charge in [-0.2, -0.15) is 0 Å². The maximum Gasteiger partial charge on any atom is 0.129 e. The second-order valence-corrected chi connectivity index (χ2v) is 2.63. The largest absolute Gasteiger partial charge is 0.374 e. The highest BCUT2D eigenvalue weighted by Gasteiger charge is 2.20. The number of rotatable bonds is 2.